The summed E-state index contributed by atoms with van der Waals surface area (Å²) < 4.78 is 2.21. The molecule has 2 aromatic rings. The number of hydrogen-bond acceptors (Lipinski definition) is 5. The summed E-state index contributed by atoms with van der Waals surface area (Å²) in [5.74, 6) is 2.82. The lowest BCUT2D eigenvalue weighted by Gasteiger charge is -2.28. The number of rotatable bonds is 7. The van der Waals surface area contributed by atoms with E-state index in [-0.39, 0.29) is 11.8 Å². The van der Waals surface area contributed by atoms with Gasteiger partial charge < -0.3 is 14.8 Å². The van der Waals surface area contributed by atoms with E-state index in [0.717, 1.165) is 76.6 Å². The molecule has 7 nitrogen and oxygen atoms in total. The molecule has 1 fully saturated rings. The highest BCUT2D eigenvalue weighted by Gasteiger charge is 2.25. The van der Waals surface area contributed by atoms with Gasteiger partial charge in [-0.1, -0.05) is 38.1 Å². The summed E-state index contributed by atoms with van der Waals surface area (Å²) in [6.45, 7) is 10.7. The summed E-state index contributed by atoms with van der Waals surface area (Å²) in [5, 5.41) is 11.9. The standard InChI is InChI=1S/C25H38N6O/c1-19(2)15-20-6-8-21(9-7-20)17-30-12-10-23-27-28-24(31(23)14-13-30)16-26-25(32)22-5-4-11-29(3)18-22/h6-9,19,22H,4-5,10-18H2,1-3H3,(H,26,32)/t22-/m1/s1. The molecule has 1 aromatic heterocycles. The number of nitrogens with zero attached hydrogens (tertiary/aromatic N) is 5. The van der Waals surface area contributed by atoms with E-state index in [1.807, 2.05) is 0 Å². The minimum atomic E-state index is 0.0858. The van der Waals surface area contributed by atoms with Gasteiger partial charge in [-0.25, -0.2) is 0 Å². The van der Waals surface area contributed by atoms with E-state index in [9.17, 15) is 4.79 Å². The maximum absolute atomic E-state index is 12.6. The zero-order valence-electron chi connectivity index (χ0n) is 19.9. The van der Waals surface area contributed by atoms with Crippen molar-refractivity contribution in [3.05, 3.63) is 47.0 Å². The number of likely N-dealkylation sites (tertiary alicyclic amines) is 1. The molecule has 0 spiro atoms. The first-order valence-electron chi connectivity index (χ1n) is 12.2. The molecule has 0 unspecified atom stereocenters. The number of nitrogens with one attached hydrogen (secondary N) is 1. The normalized spacial score (nSPS) is 20.2. The van der Waals surface area contributed by atoms with Crippen molar-refractivity contribution in [3.8, 4) is 0 Å². The molecule has 3 heterocycles. The van der Waals surface area contributed by atoms with Crippen LogP contribution in [-0.4, -0.2) is 63.7 Å². The van der Waals surface area contributed by atoms with E-state index in [2.05, 4.69) is 75.0 Å². The summed E-state index contributed by atoms with van der Waals surface area (Å²) in [6, 6.07) is 9.08. The Morgan fingerprint density at radius 1 is 1.09 bits per heavy atom. The van der Waals surface area contributed by atoms with Gasteiger partial charge in [-0.3, -0.25) is 9.69 Å². The van der Waals surface area contributed by atoms with E-state index >= 15 is 0 Å². The second kappa shape index (κ2) is 10.6. The number of piperidine rings is 1. The molecule has 1 amide bonds. The Morgan fingerprint density at radius 3 is 2.62 bits per heavy atom. The van der Waals surface area contributed by atoms with Gasteiger partial charge in [0, 0.05) is 39.1 Å². The molecular formula is C25H38N6O. The Labute approximate surface area is 192 Å². The number of carbonyl (C=O) groups excluding carboxylic acids is 1. The smallest absolute Gasteiger partial charge is 0.224 e. The first-order valence-corrected chi connectivity index (χ1v) is 12.2. The van der Waals surface area contributed by atoms with Crippen LogP contribution in [0.2, 0.25) is 0 Å². The van der Waals surface area contributed by atoms with Gasteiger partial charge in [0.15, 0.2) is 5.82 Å². The van der Waals surface area contributed by atoms with Gasteiger partial charge in [-0.15, -0.1) is 10.2 Å². The maximum Gasteiger partial charge on any atom is 0.224 e. The van der Waals surface area contributed by atoms with E-state index in [0.29, 0.717) is 12.5 Å². The van der Waals surface area contributed by atoms with Gasteiger partial charge in [0.05, 0.1) is 12.5 Å². The lowest BCUT2D eigenvalue weighted by atomic mass is 9.98. The molecule has 1 atom stereocenters. The number of hydrogen-bond donors (Lipinski definition) is 1. The molecule has 1 N–H and O–H groups in total. The van der Waals surface area contributed by atoms with Crippen LogP contribution in [0, 0.1) is 11.8 Å². The van der Waals surface area contributed by atoms with Crippen LogP contribution in [0.25, 0.3) is 0 Å². The van der Waals surface area contributed by atoms with Gasteiger partial charge in [0.2, 0.25) is 5.91 Å². The Bertz CT molecular complexity index is 890. The van der Waals surface area contributed by atoms with Crippen molar-refractivity contribution in [2.24, 2.45) is 11.8 Å². The minimum Gasteiger partial charge on any atom is -0.349 e. The van der Waals surface area contributed by atoms with Crippen LogP contribution in [0.3, 0.4) is 0 Å². The highest BCUT2D eigenvalue weighted by molar-refractivity contribution is 5.78. The van der Waals surface area contributed by atoms with E-state index in [1.165, 1.54) is 11.1 Å². The van der Waals surface area contributed by atoms with Crippen molar-refractivity contribution in [2.45, 2.75) is 59.2 Å². The van der Waals surface area contributed by atoms with Crippen molar-refractivity contribution in [1.29, 1.82) is 0 Å². The summed E-state index contributed by atoms with van der Waals surface area (Å²) in [4.78, 5) is 17.3. The summed E-state index contributed by atoms with van der Waals surface area (Å²) in [5.41, 5.74) is 2.78. The van der Waals surface area contributed by atoms with Crippen molar-refractivity contribution < 1.29 is 4.79 Å². The Balaban J connectivity index is 1.29. The zero-order valence-corrected chi connectivity index (χ0v) is 19.9. The van der Waals surface area contributed by atoms with Crippen molar-refractivity contribution in [1.82, 2.24) is 29.9 Å². The molecule has 7 heteroatoms. The van der Waals surface area contributed by atoms with Crippen LogP contribution in [-0.2, 0) is 37.3 Å². The topological polar surface area (TPSA) is 66.3 Å². The lowest BCUT2D eigenvalue weighted by Crippen LogP contribution is -2.41. The van der Waals surface area contributed by atoms with E-state index in [1.54, 1.807) is 0 Å². The fourth-order valence-corrected chi connectivity index (χ4v) is 4.92. The monoisotopic (exact) mass is 438 g/mol. The zero-order chi connectivity index (χ0) is 22.5. The Kier molecular flexibility index (Phi) is 7.58. The highest BCUT2D eigenvalue weighted by Crippen LogP contribution is 2.17. The second-order valence-electron chi connectivity index (χ2n) is 9.94. The van der Waals surface area contributed by atoms with Crippen LogP contribution in [0.15, 0.2) is 24.3 Å². The third kappa shape index (κ3) is 5.95. The molecule has 174 valence electrons. The highest BCUT2D eigenvalue weighted by atomic mass is 16.1. The molecule has 0 radical (unpaired) electrons. The summed E-state index contributed by atoms with van der Waals surface area (Å²) in [6.07, 6.45) is 4.08. The van der Waals surface area contributed by atoms with Crippen molar-refractivity contribution in [2.75, 3.05) is 33.2 Å². The maximum atomic E-state index is 12.6. The number of aromatic nitrogens is 3. The van der Waals surface area contributed by atoms with Crippen molar-refractivity contribution >= 4 is 5.91 Å². The fraction of sp³-hybridized carbons (Fsp3) is 0.640. The largest absolute Gasteiger partial charge is 0.349 e. The molecule has 2 aliphatic rings. The number of amides is 1. The Morgan fingerprint density at radius 2 is 1.88 bits per heavy atom. The average molecular weight is 439 g/mol. The average Bonchev–Trinajstić information content (AvgIpc) is 3.05. The van der Waals surface area contributed by atoms with E-state index in [4.69, 9.17) is 0 Å². The molecule has 0 bridgehead atoms. The second-order valence-corrected chi connectivity index (χ2v) is 9.94. The number of carbonyl (C=O) groups is 1. The van der Waals surface area contributed by atoms with Crippen LogP contribution in [0.5, 0.6) is 0 Å². The van der Waals surface area contributed by atoms with Gasteiger partial charge in [0.1, 0.15) is 5.82 Å². The third-order valence-electron chi connectivity index (χ3n) is 6.68. The molecule has 1 saturated heterocycles. The fourth-order valence-electron chi connectivity index (χ4n) is 4.92. The molecule has 1 aromatic carbocycles. The quantitative estimate of drug-likeness (QED) is 0.720. The summed E-state index contributed by atoms with van der Waals surface area (Å²) in [7, 11) is 2.09. The predicted octanol–water partition coefficient (Wildman–Crippen LogP) is 2.49. The molecule has 32 heavy (non-hydrogen) atoms. The molecule has 4 rings (SSSR count). The molecule has 0 aliphatic carbocycles. The molecule has 0 saturated carbocycles. The number of benzene rings is 1. The first-order chi connectivity index (χ1) is 15.5. The third-order valence-corrected chi connectivity index (χ3v) is 6.68. The van der Waals surface area contributed by atoms with Gasteiger partial charge in [0.25, 0.3) is 0 Å². The predicted molar refractivity (Wildman–Crippen MR) is 126 cm³/mol. The van der Waals surface area contributed by atoms with Crippen LogP contribution in [0.1, 0.15) is 49.5 Å². The lowest BCUT2D eigenvalue weighted by molar-refractivity contribution is -0.126. The molecular weight excluding hydrogens is 400 g/mol. The van der Waals surface area contributed by atoms with Crippen LogP contribution < -0.4 is 5.32 Å². The minimum absolute atomic E-state index is 0.0858. The van der Waals surface area contributed by atoms with Crippen molar-refractivity contribution in [3.63, 3.8) is 0 Å². The summed E-state index contributed by atoms with van der Waals surface area (Å²) >= 11 is 0. The molecule has 2 aliphatic heterocycles. The van der Waals surface area contributed by atoms with E-state index < -0.39 is 0 Å². The van der Waals surface area contributed by atoms with Gasteiger partial charge in [-0.2, -0.15) is 0 Å². The van der Waals surface area contributed by atoms with Gasteiger partial charge in [-0.05, 0) is 49.9 Å². The Hall–Kier alpha value is -2.25. The SMILES string of the molecule is CC(C)Cc1ccc(CN2CCc3nnc(CNC(=O)[C@@H]4CCCN(C)C4)n3CC2)cc1. The first kappa shape index (κ1) is 22.9. The van der Waals surface area contributed by atoms with Gasteiger partial charge >= 0.3 is 0 Å². The van der Waals surface area contributed by atoms with Crippen LogP contribution >= 0.6 is 0 Å². The van der Waals surface area contributed by atoms with Crippen LogP contribution in [0.4, 0.5) is 0 Å². The number of fused-ring (bicyclic) bond motifs is 1.